The van der Waals surface area contributed by atoms with Crippen molar-refractivity contribution in [2.24, 2.45) is 5.92 Å². The van der Waals surface area contributed by atoms with Crippen molar-refractivity contribution >= 4 is 15.9 Å². The minimum atomic E-state index is -4.02. The molecule has 1 aliphatic heterocycles. The van der Waals surface area contributed by atoms with Gasteiger partial charge in [-0.2, -0.15) is 4.31 Å². The SMILES string of the molecule is Cc1[nH]c(=O)[nH]c(=O)c1S(=O)(=O)N1CCC(C(=O)NC2CCCC2)CC1. The van der Waals surface area contributed by atoms with Crippen LogP contribution in [0.4, 0.5) is 0 Å². The third-order valence-corrected chi connectivity index (χ3v) is 7.25. The van der Waals surface area contributed by atoms with Crippen molar-refractivity contribution in [1.29, 1.82) is 0 Å². The van der Waals surface area contributed by atoms with Gasteiger partial charge in [-0.1, -0.05) is 12.8 Å². The van der Waals surface area contributed by atoms with Crippen LogP contribution in [-0.2, 0) is 14.8 Å². The smallest absolute Gasteiger partial charge is 0.325 e. The normalized spacial score (nSPS) is 20.3. The number of carbonyl (C=O) groups is 1. The molecule has 0 bridgehead atoms. The molecule has 0 radical (unpaired) electrons. The van der Waals surface area contributed by atoms with Crippen LogP contribution in [0.25, 0.3) is 0 Å². The first kappa shape index (κ1) is 18.8. The molecular formula is C16H24N4O5S. The quantitative estimate of drug-likeness (QED) is 0.663. The van der Waals surface area contributed by atoms with Crippen molar-refractivity contribution in [1.82, 2.24) is 19.6 Å². The van der Waals surface area contributed by atoms with E-state index in [1.807, 2.05) is 4.98 Å². The average molecular weight is 384 g/mol. The molecule has 10 heteroatoms. The van der Waals surface area contributed by atoms with E-state index in [-0.39, 0.29) is 36.7 Å². The van der Waals surface area contributed by atoms with E-state index < -0.39 is 26.2 Å². The Bertz CT molecular complexity index is 890. The van der Waals surface area contributed by atoms with Crippen LogP contribution in [-0.4, -0.2) is 47.7 Å². The van der Waals surface area contributed by atoms with Crippen LogP contribution in [0.15, 0.2) is 14.5 Å². The Morgan fingerprint density at radius 1 is 1.08 bits per heavy atom. The summed E-state index contributed by atoms with van der Waals surface area (Å²) in [5.74, 6) is -0.218. The van der Waals surface area contributed by atoms with Gasteiger partial charge in [-0.25, -0.2) is 13.2 Å². The van der Waals surface area contributed by atoms with Crippen LogP contribution in [0.3, 0.4) is 0 Å². The highest BCUT2D eigenvalue weighted by Crippen LogP contribution is 2.24. The van der Waals surface area contributed by atoms with Gasteiger partial charge in [0.25, 0.3) is 5.56 Å². The molecule has 2 aliphatic rings. The second-order valence-electron chi connectivity index (χ2n) is 7.03. The van der Waals surface area contributed by atoms with Gasteiger partial charge in [-0.15, -0.1) is 0 Å². The Kier molecular flexibility index (Phi) is 5.33. The van der Waals surface area contributed by atoms with Crippen molar-refractivity contribution in [3.63, 3.8) is 0 Å². The maximum absolute atomic E-state index is 12.8. The number of nitrogens with zero attached hydrogens (tertiary/aromatic N) is 1. The third-order valence-electron chi connectivity index (χ3n) is 5.20. The van der Waals surface area contributed by atoms with Gasteiger partial charge in [0, 0.05) is 30.7 Å². The van der Waals surface area contributed by atoms with Crippen LogP contribution >= 0.6 is 0 Å². The Hall–Kier alpha value is -1.94. The Balaban J connectivity index is 1.68. The summed E-state index contributed by atoms with van der Waals surface area (Å²) in [6.07, 6.45) is 5.11. The molecule has 0 unspecified atom stereocenters. The molecule has 1 aromatic heterocycles. The van der Waals surface area contributed by atoms with Gasteiger partial charge in [0.05, 0.1) is 0 Å². The van der Waals surface area contributed by atoms with Crippen molar-refractivity contribution in [3.8, 4) is 0 Å². The number of aromatic amines is 2. The second-order valence-corrected chi connectivity index (χ2v) is 8.91. The lowest BCUT2D eigenvalue weighted by Crippen LogP contribution is -2.46. The maximum Gasteiger partial charge on any atom is 0.325 e. The van der Waals surface area contributed by atoms with Crippen LogP contribution in [0, 0.1) is 12.8 Å². The van der Waals surface area contributed by atoms with E-state index in [1.54, 1.807) is 0 Å². The third kappa shape index (κ3) is 3.75. The van der Waals surface area contributed by atoms with Gasteiger partial charge in [0.15, 0.2) is 4.90 Å². The summed E-state index contributed by atoms with van der Waals surface area (Å²) in [5.41, 5.74) is -1.65. The second kappa shape index (κ2) is 7.36. The van der Waals surface area contributed by atoms with Crippen LogP contribution < -0.4 is 16.6 Å². The number of sulfonamides is 1. The predicted molar refractivity (Wildman–Crippen MR) is 94.3 cm³/mol. The van der Waals surface area contributed by atoms with E-state index in [4.69, 9.17) is 0 Å². The topological polar surface area (TPSA) is 132 Å². The number of hydrogen-bond donors (Lipinski definition) is 3. The van der Waals surface area contributed by atoms with Gasteiger partial charge in [0.1, 0.15) is 0 Å². The van der Waals surface area contributed by atoms with Crippen molar-refractivity contribution in [2.45, 2.75) is 56.4 Å². The van der Waals surface area contributed by atoms with Crippen LogP contribution in [0.2, 0.25) is 0 Å². The fourth-order valence-electron chi connectivity index (χ4n) is 3.78. The van der Waals surface area contributed by atoms with E-state index in [2.05, 4.69) is 10.3 Å². The highest BCUT2D eigenvalue weighted by Gasteiger charge is 2.35. The number of rotatable bonds is 4. The molecule has 3 N–H and O–H groups in total. The summed E-state index contributed by atoms with van der Waals surface area (Å²) in [5, 5.41) is 3.06. The zero-order valence-corrected chi connectivity index (χ0v) is 15.5. The van der Waals surface area contributed by atoms with Crippen LogP contribution in [0.1, 0.15) is 44.2 Å². The molecule has 26 heavy (non-hydrogen) atoms. The van der Waals surface area contributed by atoms with E-state index in [0.29, 0.717) is 12.8 Å². The molecule has 1 aromatic rings. The fourth-order valence-corrected chi connectivity index (χ4v) is 5.45. The molecular weight excluding hydrogens is 360 g/mol. The molecule has 1 amide bonds. The molecule has 1 saturated carbocycles. The summed E-state index contributed by atoms with van der Waals surface area (Å²) in [4.78, 5) is 39.4. The monoisotopic (exact) mass is 384 g/mol. The number of aromatic nitrogens is 2. The van der Waals surface area contributed by atoms with Gasteiger partial charge in [0.2, 0.25) is 15.9 Å². The number of carbonyl (C=O) groups excluding carboxylic acids is 1. The van der Waals surface area contributed by atoms with Gasteiger partial charge >= 0.3 is 5.69 Å². The lowest BCUT2D eigenvalue weighted by Gasteiger charge is -2.31. The van der Waals surface area contributed by atoms with E-state index >= 15 is 0 Å². The predicted octanol–water partition coefficient (Wildman–Crippen LogP) is -0.169. The molecule has 3 rings (SSSR count). The van der Waals surface area contributed by atoms with Crippen LogP contribution in [0.5, 0.6) is 0 Å². The van der Waals surface area contributed by atoms with Crippen molar-refractivity contribution in [3.05, 3.63) is 26.5 Å². The van der Waals surface area contributed by atoms with Gasteiger partial charge in [-0.05, 0) is 32.6 Å². The number of hydrogen-bond acceptors (Lipinski definition) is 5. The number of nitrogens with one attached hydrogen (secondary N) is 3. The number of piperidine rings is 1. The molecule has 1 aliphatic carbocycles. The minimum Gasteiger partial charge on any atom is -0.353 e. The van der Waals surface area contributed by atoms with E-state index in [1.165, 1.54) is 11.2 Å². The highest BCUT2D eigenvalue weighted by molar-refractivity contribution is 7.89. The lowest BCUT2D eigenvalue weighted by atomic mass is 9.97. The summed E-state index contributed by atoms with van der Waals surface area (Å²) >= 11 is 0. The Morgan fingerprint density at radius 2 is 1.69 bits per heavy atom. The Labute approximate surface area is 151 Å². The molecule has 0 aromatic carbocycles. The fraction of sp³-hybridized carbons (Fsp3) is 0.688. The summed E-state index contributed by atoms with van der Waals surface area (Å²) < 4.78 is 26.8. The maximum atomic E-state index is 12.8. The van der Waals surface area contributed by atoms with E-state index in [9.17, 15) is 22.8 Å². The standard InChI is InChI=1S/C16H24N4O5S/c1-10-13(15(22)19-16(23)17-10)26(24,25)20-8-6-11(7-9-20)14(21)18-12-4-2-3-5-12/h11-12H,2-9H2,1H3,(H,18,21)(H2,17,19,22,23). The minimum absolute atomic E-state index is 0.00739. The Morgan fingerprint density at radius 3 is 2.27 bits per heavy atom. The molecule has 0 spiro atoms. The summed E-state index contributed by atoms with van der Waals surface area (Å²) in [6.45, 7) is 1.72. The van der Waals surface area contributed by atoms with Crippen molar-refractivity contribution < 1.29 is 13.2 Å². The number of aryl methyl sites for hydroxylation is 1. The first-order valence-corrected chi connectivity index (χ1v) is 10.4. The zero-order chi connectivity index (χ0) is 18.9. The zero-order valence-electron chi connectivity index (χ0n) is 14.7. The molecule has 144 valence electrons. The lowest BCUT2D eigenvalue weighted by molar-refractivity contribution is -0.126. The molecule has 2 heterocycles. The van der Waals surface area contributed by atoms with Crippen molar-refractivity contribution in [2.75, 3.05) is 13.1 Å². The highest BCUT2D eigenvalue weighted by atomic mass is 32.2. The molecule has 9 nitrogen and oxygen atoms in total. The summed E-state index contributed by atoms with van der Waals surface area (Å²) in [7, 11) is -4.02. The average Bonchev–Trinajstić information content (AvgIpc) is 3.06. The van der Waals surface area contributed by atoms with E-state index in [0.717, 1.165) is 25.7 Å². The molecule has 0 atom stereocenters. The first-order chi connectivity index (χ1) is 12.3. The largest absolute Gasteiger partial charge is 0.353 e. The van der Waals surface area contributed by atoms with Gasteiger partial charge < -0.3 is 10.3 Å². The number of H-pyrrole nitrogens is 2. The molecule has 1 saturated heterocycles. The number of amides is 1. The van der Waals surface area contributed by atoms with Gasteiger partial charge in [-0.3, -0.25) is 14.6 Å². The molecule has 2 fully saturated rings. The first-order valence-electron chi connectivity index (χ1n) is 8.93. The summed E-state index contributed by atoms with van der Waals surface area (Å²) in [6, 6.07) is 0.242.